The summed E-state index contributed by atoms with van der Waals surface area (Å²) < 4.78 is 11.0. The molecule has 5 nitrogen and oxygen atoms in total. The third kappa shape index (κ3) is 4.69. The first-order valence-corrected chi connectivity index (χ1v) is 6.83. The lowest BCUT2D eigenvalue weighted by molar-refractivity contribution is -0.298. The minimum absolute atomic E-state index is 0.288. The number of aliphatic carboxylic acids is 1. The summed E-state index contributed by atoms with van der Waals surface area (Å²) in [6.45, 7) is 4.65. The van der Waals surface area contributed by atoms with Crippen molar-refractivity contribution in [3.05, 3.63) is 28.3 Å². The lowest BCUT2D eigenvalue weighted by Gasteiger charge is -2.14. The number of rotatable bonds is 7. The van der Waals surface area contributed by atoms with E-state index in [-0.39, 0.29) is 5.02 Å². The molecule has 0 saturated heterocycles. The SMILES string of the molecule is CCCOc1c(Cl)cc(/C=C(\C#N)C(=O)[O-])cc1OCC. The highest BCUT2D eigenvalue weighted by Gasteiger charge is 2.12. The summed E-state index contributed by atoms with van der Waals surface area (Å²) in [6.07, 6.45) is 1.99. The molecule has 0 unspecified atom stereocenters. The molecule has 0 heterocycles. The van der Waals surface area contributed by atoms with Crippen molar-refractivity contribution in [3.63, 3.8) is 0 Å². The highest BCUT2D eigenvalue weighted by atomic mass is 35.5. The van der Waals surface area contributed by atoms with E-state index in [0.717, 1.165) is 6.42 Å². The number of benzene rings is 1. The van der Waals surface area contributed by atoms with Crippen LogP contribution in [0.1, 0.15) is 25.8 Å². The van der Waals surface area contributed by atoms with Crippen molar-refractivity contribution in [2.24, 2.45) is 0 Å². The number of carboxylic acid groups (broad SMARTS) is 1. The number of ether oxygens (including phenoxy) is 2. The molecule has 0 aliphatic rings. The predicted molar refractivity (Wildman–Crippen MR) is 77.0 cm³/mol. The molecule has 0 aliphatic heterocycles. The van der Waals surface area contributed by atoms with Gasteiger partial charge in [0.15, 0.2) is 11.5 Å². The standard InChI is InChI=1S/C15H16ClNO4/c1-3-5-21-14-12(16)7-10(8-13(14)20-4-2)6-11(9-17)15(18)19/h6-8H,3-5H2,1-2H3,(H,18,19)/p-1/b11-6+. The first-order chi connectivity index (χ1) is 10.0. The highest BCUT2D eigenvalue weighted by Crippen LogP contribution is 2.37. The van der Waals surface area contributed by atoms with Crippen molar-refractivity contribution >= 4 is 23.6 Å². The summed E-state index contributed by atoms with van der Waals surface area (Å²) in [6, 6.07) is 4.63. The molecule has 0 bridgehead atoms. The molecule has 0 aromatic heterocycles. The lowest BCUT2D eigenvalue weighted by atomic mass is 10.1. The summed E-state index contributed by atoms with van der Waals surface area (Å²) in [5.74, 6) is -0.734. The Labute approximate surface area is 128 Å². The minimum atomic E-state index is -1.54. The molecule has 0 aliphatic carbocycles. The maximum Gasteiger partial charge on any atom is 0.179 e. The zero-order valence-electron chi connectivity index (χ0n) is 11.8. The monoisotopic (exact) mass is 308 g/mol. The Bertz CT molecular complexity index is 590. The first kappa shape index (κ1) is 16.9. The third-order valence-electron chi connectivity index (χ3n) is 2.43. The van der Waals surface area contributed by atoms with Gasteiger partial charge < -0.3 is 19.4 Å². The van der Waals surface area contributed by atoms with Gasteiger partial charge in [-0.05, 0) is 37.1 Å². The molecular weight excluding hydrogens is 294 g/mol. The Morgan fingerprint density at radius 3 is 2.67 bits per heavy atom. The van der Waals surface area contributed by atoms with Crippen LogP contribution < -0.4 is 14.6 Å². The van der Waals surface area contributed by atoms with Crippen LogP contribution in [0.15, 0.2) is 17.7 Å². The fraction of sp³-hybridized carbons (Fsp3) is 0.333. The Hall–Kier alpha value is -2.19. The van der Waals surface area contributed by atoms with Gasteiger partial charge in [-0.2, -0.15) is 5.26 Å². The number of nitrogens with zero attached hydrogens (tertiary/aromatic N) is 1. The minimum Gasteiger partial charge on any atom is -0.544 e. The summed E-state index contributed by atoms with van der Waals surface area (Å²) in [5.41, 5.74) is -0.0659. The summed E-state index contributed by atoms with van der Waals surface area (Å²) in [5, 5.41) is 19.8. The molecular formula is C15H15ClNO4-. The second-order valence-electron chi connectivity index (χ2n) is 4.07. The van der Waals surface area contributed by atoms with E-state index in [1.54, 1.807) is 12.1 Å². The Morgan fingerprint density at radius 2 is 2.14 bits per heavy atom. The molecule has 1 rings (SSSR count). The molecule has 0 radical (unpaired) electrons. The average molecular weight is 309 g/mol. The van der Waals surface area contributed by atoms with Gasteiger partial charge in [-0.1, -0.05) is 18.5 Å². The molecule has 112 valence electrons. The quantitative estimate of drug-likeness (QED) is 0.569. The van der Waals surface area contributed by atoms with Crippen LogP contribution in [-0.2, 0) is 4.79 Å². The highest BCUT2D eigenvalue weighted by molar-refractivity contribution is 6.32. The molecule has 0 atom stereocenters. The number of carbonyl (C=O) groups excluding carboxylic acids is 1. The van der Waals surface area contributed by atoms with Gasteiger partial charge in [0.1, 0.15) is 6.07 Å². The van der Waals surface area contributed by atoms with E-state index < -0.39 is 11.5 Å². The van der Waals surface area contributed by atoms with Crippen molar-refractivity contribution in [3.8, 4) is 17.6 Å². The summed E-state index contributed by atoms with van der Waals surface area (Å²) in [7, 11) is 0. The van der Waals surface area contributed by atoms with Crippen molar-refractivity contribution in [2.45, 2.75) is 20.3 Å². The molecule has 6 heteroatoms. The van der Waals surface area contributed by atoms with Crippen molar-refractivity contribution < 1.29 is 19.4 Å². The van der Waals surface area contributed by atoms with E-state index in [2.05, 4.69) is 0 Å². The van der Waals surface area contributed by atoms with Crippen LogP contribution in [0, 0.1) is 11.3 Å². The van der Waals surface area contributed by atoms with Crippen LogP contribution in [0.2, 0.25) is 5.02 Å². The van der Waals surface area contributed by atoms with Crippen LogP contribution in [0.25, 0.3) is 6.08 Å². The maximum atomic E-state index is 10.7. The molecule has 1 aromatic carbocycles. The average Bonchev–Trinajstić information content (AvgIpc) is 2.44. The zero-order valence-corrected chi connectivity index (χ0v) is 12.6. The smallest absolute Gasteiger partial charge is 0.179 e. The van der Waals surface area contributed by atoms with Crippen molar-refractivity contribution in [2.75, 3.05) is 13.2 Å². The van der Waals surface area contributed by atoms with E-state index in [0.29, 0.717) is 30.3 Å². The summed E-state index contributed by atoms with van der Waals surface area (Å²) in [4.78, 5) is 10.7. The number of nitriles is 1. The second kappa shape index (κ2) is 8.18. The third-order valence-corrected chi connectivity index (χ3v) is 2.71. The van der Waals surface area contributed by atoms with Gasteiger partial charge in [0.05, 0.1) is 29.8 Å². The van der Waals surface area contributed by atoms with Gasteiger partial charge in [-0.25, -0.2) is 0 Å². The van der Waals surface area contributed by atoms with Gasteiger partial charge in [0.2, 0.25) is 0 Å². The molecule has 0 amide bonds. The number of carbonyl (C=O) groups is 1. The van der Waals surface area contributed by atoms with Crippen molar-refractivity contribution in [1.29, 1.82) is 5.26 Å². The van der Waals surface area contributed by atoms with E-state index in [1.165, 1.54) is 12.1 Å². The van der Waals surface area contributed by atoms with Gasteiger partial charge in [0, 0.05) is 0 Å². The van der Waals surface area contributed by atoms with Gasteiger partial charge in [-0.3, -0.25) is 0 Å². The molecule has 0 fully saturated rings. The van der Waals surface area contributed by atoms with Gasteiger partial charge in [-0.15, -0.1) is 0 Å². The fourth-order valence-electron chi connectivity index (χ4n) is 1.58. The number of carboxylic acids is 1. The first-order valence-electron chi connectivity index (χ1n) is 6.45. The topological polar surface area (TPSA) is 82.4 Å². The molecule has 1 aromatic rings. The van der Waals surface area contributed by atoms with Crippen LogP contribution in [0.4, 0.5) is 0 Å². The van der Waals surface area contributed by atoms with E-state index in [1.807, 2.05) is 13.8 Å². The van der Waals surface area contributed by atoms with Gasteiger partial charge >= 0.3 is 0 Å². The van der Waals surface area contributed by atoms with Crippen LogP contribution in [0.3, 0.4) is 0 Å². The molecule has 0 saturated carbocycles. The number of hydrogen-bond donors (Lipinski definition) is 0. The van der Waals surface area contributed by atoms with Crippen molar-refractivity contribution in [1.82, 2.24) is 0 Å². The Morgan fingerprint density at radius 1 is 1.43 bits per heavy atom. The zero-order chi connectivity index (χ0) is 15.8. The van der Waals surface area contributed by atoms with E-state index in [9.17, 15) is 9.90 Å². The Kier molecular flexibility index (Phi) is 6.57. The molecule has 0 spiro atoms. The van der Waals surface area contributed by atoms with Crippen LogP contribution >= 0.6 is 11.6 Å². The Balaban J connectivity index is 3.26. The lowest BCUT2D eigenvalue weighted by Crippen LogP contribution is -2.23. The molecule has 21 heavy (non-hydrogen) atoms. The number of halogens is 1. The van der Waals surface area contributed by atoms with E-state index >= 15 is 0 Å². The van der Waals surface area contributed by atoms with E-state index in [4.69, 9.17) is 26.3 Å². The second-order valence-corrected chi connectivity index (χ2v) is 4.48. The maximum absolute atomic E-state index is 10.7. The fourth-order valence-corrected chi connectivity index (χ4v) is 1.86. The van der Waals surface area contributed by atoms with Crippen LogP contribution in [0.5, 0.6) is 11.5 Å². The summed E-state index contributed by atoms with van der Waals surface area (Å²) >= 11 is 6.13. The predicted octanol–water partition coefficient (Wildman–Crippen LogP) is 2.18. The molecule has 0 N–H and O–H groups in total. The largest absolute Gasteiger partial charge is 0.544 e. The number of hydrogen-bond acceptors (Lipinski definition) is 5. The van der Waals surface area contributed by atoms with Crippen LogP contribution in [-0.4, -0.2) is 19.2 Å². The normalized spacial score (nSPS) is 10.9. The van der Waals surface area contributed by atoms with Gasteiger partial charge in [0.25, 0.3) is 0 Å².